The van der Waals surface area contributed by atoms with Gasteiger partial charge in [-0.05, 0) is 23.8 Å². The Morgan fingerprint density at radius 1 is 1.25 bits per heavy atom. The van der Waals surface area contributed by atoms with Crippen LogP contribution in [0.3, 0.4) is 0 Å². The zero-order valence-corrected chi connectivity index (χ0v) is 12.9. The van der Waals surface area contributed by atoms with Gasteiger partial charge in [-0.25, -0.2) is 0 Å². The van der Waals surface area contributed by atoms with Crippen LogP contribution in [0.1, 0.15) is 22.0 Å². The average Bonchev–Trinajstić information content (AvgIpc) is 2.48. The van der Waals surface area contributed by atoms with E-state index in [1.165, 1.54) is 0 Å². The largest absolute Gasteiger partial charge is 0.394 e. The number of hydrogen-bond donors (Lipinski definition) is 2. The minimum atomic E-state index is -0.459. The van der Waals surface area contributed by atoms with Crippen molar-refractivity contribution in [3.8, 4) is 0 Å². The van der Waals surface area contributed by atoms with Crippen LogP contribution >= 0.6 is 27.5 Å². The molecule has 0 radical (unpaired) electrons. The molecule has 3 nitrogen and oxygen atoms in total. The fourth-order valence-corrected chi connectivity index (χ4v) is 2.39. The monoisotopic (exact) mass is 353 g/mol. The van der Waals surface area contributed by atoms with E-state index in [2.05, 4.69) is 21.2 Å². The maximum atomic E-state index is 12.2. The first-order chi connectivity index (χ1) is 9.61. The Kier molecular flexibility index (Phi) is 5.17. The van der Waals surface area contributed by atoms with Gasteiger partial charge in [-0.2, -0.15) is 0 Å². The second kappa shape index (κ2) is 6.88. The third-order valence-electron chi connectivity index (χ3n) is 2.86. The lowest BCUT2D eigenvalue weighted by Gasteiger charge is -2.17. The van der Waals surface area contributed by atoms with Crippen molar-refractivity contribution in [3.05, 3.63) is 69.2 Å². The normalized spacial score (nSPS) is 11.9. The molecule has 0 fully saturated rings. The number of nitrogens with one attached hydrogen (secondary N) is 1. The van der Waals surface area contributed by atoms with Gasteiger partial charge >= 0.3 is 0 Å². The van der Waals surface area contributed by atoms with Crippen LogP contribution in [0.4, 0.5) is 0 Å². The summed E-state index contributed by atoms with van der Waals surface area (Å²) in [6.45, 7) is -0.179. The number of benzene rings is 2. The van der Waals surface area contributed by atoms with Gasteiger partial charge in [-0.15, -0.1) is 0 Å². The predicted molar refractivity (Wildman–Crippen MR) is 82.9 cm³/mol. The highest BCUT2D eigenvalue weighted by atomic mass is 79.9. The van der Waals surface area contributed by atoms with Crippen molar-refractivity contribution in [1.82, 2.24) is 5.32 Å². The lowest BCUT2D eigenvalue weighted by Crippen LogP contribution is -2.31. The summed E-state index contributed by atoms with van der Waals surface area (Å²) in [5.41, 5.74) is 1.21. The minimum absolute atomic E-state index is 0.179. The molecule has 2 rings (SSSR count). The van der Waals surface area contributed by atoms with Crippen molar-refractivity contribution in [1.29, 1.82) is 0 Å². The van der Waals surface area contributed by atoms with Gasteiger partial charge in [0.05, 0.1) is 23.2 Å². The topological polar surface area (TPSA) is 49.3 Å². The summed E-state index contributed by atoms with van der Waals surface area (Å²) in [4.78, 5) is 12.2. The van der Waals surface area contributed by atoms with E-state index in [-0.39, 0.29) is 12.5 Å². The maximum Gasteiger partial charge on any atom is 0.253 e. The summed E-state index contributed by atoms with van der Waals surface area (Å²) in [5, 5.41) is 12.6. The smallest absolute Gasteiger partial charge is 0.253 e. The zero-order valence-electron chi connectivity index (χ0n) is 10.5. The summed E-state index contributed by atoms with van der Waals surface area (Å²) < 4.78 is 0.771. The van der Waals surface area contributed by atoms with E-state index in [1.807, 2.05) is 30.3 Å². The van der Waals surface area contributed by atoms with E-state index >= 15 is 0 Å². The van der Waals surface area contributed by atoms with Crippen molar-refractivity contribution in [2.24, 2.45) is 0 Å². The third-order valence-corrected chi connectivity index (χ3v) is 3.69. The highest BCUT2D eigenvalue weighted by molar-refractivity contribution is 9.10. The molecule has 0 aliphatic heterocycles. The van der Waals surface area contributed by atoms with Crippen molar-refractivity contribution in [2.45, 2.75) is 6.04 Å². The highest BCUT2D eigenvalue weighted by Crippen LogP contribution is 2.22. The summed E-state index contributed by atoms with van der Waals surface area (Å²) in [6, 6.07) is 13.9. The fourth-order valence-electron chi connectivity index (χ4n) is 1.83. The molecule has 0 saturated heterocycles. The number of aliphatic hydroxyl groups excluding tert-OH is 1. The zero-order chi connectivity index (χ0) is 14.5. The van der Waals surface area contributed by atoms with Crippen LogP contribution in [-0.4, -0.2) is 17.6 Å². The van der Waals surface area contributed by atoms with Gasteiger partial charge < -0.3 is 10.4 Å². The lowest BCUT2D eigenvalue weighted by atomic mass is 10.1. The molecule has 2 N–H and O–H groups in total. The molecule has 0 bridgehead atoms. The molecule has 20 heavy (non-hydrogen) atoms. The lowest BCUT2D eigenvalue weighted by molar-refractivity contribution is 0.0916. The van der Waals surface area contributed by atoms with Crippen LogP contribution in [0, 0.1) is 0 Å². The van der Waals surface area contributed by atoms with E-state index in [0.29, 0.717) is 10.6 Å². The van der Waals surface area contributed by atoms with E-state index in [1.54, 1.807) is 18.2 Å². The van der Waals surface area contributed by atoms with E-state index in [9.17, 15) is 9.90 Å². The standard InChI is InChI=1S/C15H13BrClNO2/c16-11-6-7-13(17)12(8-11)15(20)18-14(9-19)10-4-2-1-3-5-10/h1-8,14,19H,9H2,(H,18,20)/t14-/m0/s1. The van der Waals surface area contributed by atoms with E-state index in [0.717, 1.165) is 10.0 Å². The Labute approximate surface area is 130 Å². The fraction of sp³-hybridized carbons (Fsp3) is 0.133. The predicted octanol–water partition coefficient (Wildman–Crippen LogP) is 3.57. The van der Waals surface area contributed by atoms with E-state index in [4.69, 9.17) is 11.6 Å². The Balaban J connectivity index is 2.20. The van der Waals surface area contributed by atoms with E-state index < -0.39 is 6.04 Å². The van der Waals surface area contributed by atoms with Gasteiger partial charge in [0.15, 0.2) is 0 Å². The summed E-state index contributed by atoms with van der Waals surface area (Å²) >= 11 is 9.32. The molecule has 0 aromatic heterocycles. The summed E-state index contributed by atoms with van der Waals surface area (Å²) in [7, 11) is 0. The molecule has 0 spiro atoms. The number of hydrogen-bond acceptors (Lipinski definition) is 2. The van der Waals surface area contributed by atoms with Gasteiger partial charge in [0.25, 0.3) is 5.91 Å². The van der Waals surface area contributed by atoms with Crippen LogP contribution < -0.4 is 5.32 Å². The van der Waals surface area contributed by atoms with Crippen molar-refractivity contribution < 1.29 is 9.90 Å². The molecule has 0 saturated carbocycles. The quantitative estimate of drug-likeness (QED) is 0.882. The molecule has 5 heteroatoms. The molecule has 0 unspecified atom stereocenters. The number of carbonyl (C=O) groups excluding carboxylic acids is 1. The average molecular weight is 355 g/mol. The Hall–Kier alpha value is -1.36. The van der Waals surface area contributed by atoms with Crippen LogP contribution in [-0.2, 0) is 0 Å². The number of halogens is 2. The molecule has 104 valence electrons. The van der Waals surface area contributed by atoms with Crippen LogP contribution in [0.2, 0.25) is 5.02 Å². The molecule has 2 aromatic rings. The number of aliphatic hydroxyl groups is 1. The molecule has 1 amide bonds. The highest BCUT2D eigenvalue weighted by Gasteiger charge is 2.17. The number of rotatable bonds is 4. The molecule has 0 heterocycles. The number of amides is 1. The molecule has 2 aromatic carbocycles. The number of carbonyl (C=O) groups is 1. The molecular formula is C15H13BrClNO2. The van der Waals surface area contributed by atoms with Crippen molar-refractivity contribution in [3.63, 3.8) is 0 Å². The van der Waals surface area contributed by atoms with Gasteiger partial charge in [-0.3, -0.25) is 4.79 Å². The molecule has 0 aliphatic rings. The second-order valence-electron chi connectivity index (χ2n) is 4.24. The van der Waals surface area contributed by atoms with Crippen LogP contribution in [0.15, 0.2) is 53.0 Å². The van der Waals surface area contributed by atoms with Gasteiger partial charge in [0.2, 0.25) is 0 Å². The first kappa shape index (κ1) is 15.0. The summed E-state index contributed by atoms with van der Waals surface area (Å²) in [6.07, 6.45) is 0. The van der Waals surface area contributed by atoms with Crippen molar-refractivity contribution >= 4 is 33.4 Å². The second-order valence-corrected chi connectivity index (χ2v) is 5.57. The molecule has 1 atom stereocenters. The van der Waals surface area contributed by atoms with Gasteiger partial charge in [-0.1, -0.05) is 57.9 Å². The molecule has 0 aliphatic carbocycles. The van der Waals surface area contributed by atoms with Crippen LogP contribution in [0.5, 0.6) is 0 Å². The van der Waals surface area contributed by atoms with Crippen molar-refractivity contribution in [2.75, 3.05) is 6.61 Å². The first-order valence-electron chi connectivity index (χ1n) is 6.03. The maximum absolute atomic E-state index is 12.2. The SMILES string of the molecule is O=C(N[C@@H](CO)c1ccccc1)c1cc(Br)ccc1Cl. The first-order valence-corrected chi connectivity index (χ1v) is 7.20. The Morgan fingerprint density at radius 2 is 1.95 bits per heavy atom. The van der Waals surface area contributed by atoms with Gasteiger partial charge in [0.1, 0.15) is 0 Å². The Morgan fingerprint density at radius 3 is 2.60 bits per heavy atom. The molecular weight excluding hydrogens is 342 g/mol. The third kappa shape index (κ3) is 3.60. The van der Waals surface area contributed by atoms with Crippen LogP contribution in [0.25, 0.3) is 0 Å². The summed E-state index contributed by atoms with van der Waals surface area (Å²) in [5.74, 6) is -0.320. The minimum Gasteiger partial charge on any atom is -0.394 e. The van der Waals surface area contributed by atoms with Gasteiger partial charge in [0, 0.05) is 4.47 Å². The Bertz CT molecular complexity index is 604.